The molecule has 0 aliphatic carbocycles. The van der Waals surface area contributed by atoms with Crippen LogP contribution in [-0.2, 0) is 33.2 Å². The van der Waals surface area contributed by atoms with Crippen LogP contribution >= 0.6 is 0 Å². The average Bonchev–Trinajstić information content (AvgIpc) is 3.31. The van der Waals surface area contributed by atoms with Crippen molar-refractivity contribution in [3.8, 4) is 0 Å². The summed E-state index contributed by atoms with van der Waals surface area (Å²) in [5, 5.41) is 72.1. The highest BCUT2D eigenvalue weighted by molar-refractivity contribution is 5.69. The Balaban J connectivity index is 1.76. The lowest BCUT2D eigenvalue weighted by molar-refractivity contribution is -0.332. The number of rotatable bonds is 40. The van der Waals surface area contributed by atoms with E-state index in [9.17, 15) is 40.5 Å². The SMILES string of the molecule is CCCCC/C=C\C/C=C\C/C=C\CCCCCCCCCOCC(COC1OC(COC2OC(CO)C(O)C(O)C2O)C(O)C(O)C1O)OC(=O)CCCCCCC/C=C\CCCCC. The zero-order valence-electron chi connectivity index (χ0n) is 40.7. The zero-order valence-corrected chi connectivity index (χ0v) is 40.7. The Bertz CT molecular complexity index is 1280. The summed E-state index contributed by atoms with van der Waals surface area (Å²) < 4.78 is 34.2. The molecule has 0 aromatic rings. The molecule has 2 fully saturated rings. The molecule has 0 spiro atoms. The fourth-order valence-corrected chi connectivity index (χ4v) is 7.81. The molecule has 0 aromatic heterocycles. The van der Waals surface area contributed by atoms with Crippen LogP contribution in [0, 0.1) is 0 Å². The highest BCUT2D eigenvalue weighted by atomic mass is 16.7. The van der Waals surface area contributed by atoms with Crippen molar-refractivity contribution in [1.29, 1.82) is 0 Å². The van der Waals surface area contributed by atoms with Crippen molar-refractivity contribution < 1.29 is 69.0 Å². The summed E-state index contributed by atoms with van der Waals surface area (Å²) in [5.41, 5.74) is 0. The first kappa shape index (κ1) is 60.1. The number of hydrogen-bond acceptors (Lipinski definition) is 14. The summed E-state index contributed by atoms with van der Waals surface area (Å²) in [6, 6.07) is 0. The molecule has 0 bridgehead atoms. The Hall–Kier alpha value is -2.05. The first-order valence-corrected chi connectivity index (χ1v) is 25.7. The quantitative estimate of drug-likeness (QED) is 0.0179. The minimum absolute atomic E-state index is 0.0504. The maximum absolute atomic E-state index is 13.0. The van der Waals surface area contributed by atoms with Crippen molar-refractivity contribution in [3.63, 3.8) is 0 Å². The van der Waals surface area contributed by atoms with Crippen molar-refractivity contribution in [3.05, 3.63) is 48.6 Å². The largest absolute Gasteiger partial charge is 0.457 e. The van der Waals surface area contributed by atoms with E-state index in [0.29, 0.717) is 13.0 Å². The van der Waals surface area contributed by atoms with Crippen LogP contribution in [0.25, 0.3) is 0 Å². The summed E-state index contributed by atoms with van der Waals surface area (Å²) >= 11 is 0. The predicted molar refractivity (Wildman–Crippen MR) is 256 cm³/mol. The van der Waals surface area contributed by atoms with Gasteiger partial charge in [0.05, 0.1) is 26.4 Å². The van der Waals surface area contributed by atoms with Crippen LogP contribution in [0.2, 0.25) is 0 Å². The second-order valence-corrected chi connectivity index (χ2v) is 18.0. The predicted octanol–water partition coefficient (Wildman–Crippen LogP) is 7.57. The summed E-state index contributed by atoms with van der Waals surface area (Å²) in [6.45, 7) is 3.59. The van der Waals surface area contributed by atoms with Gasteiger partial charge in [0.2, 0.25) is 0 Å². The number of hydrogen-bond donors (Lipinski definition) is 7. The average molecular weight is 941 g/mol. The number of aliphatic hydroxyl groups is 7. The maximum Gasteiger partial charge on any atom is 0.306 e. The highest BCUT2D eigenvalue weighted by Crippen LogP contribution is 2.26. The van der Waals surface area contributed by atoms with E-state index in [1.54, 1.807) is 0 Å². The second kappa shape index (κ2) is 39.8. The minimum Gasteiger partial charge on any atom is -0.457 e. The van der Waals surface area contributed by atoms with Gasteiger partial charge in [0.15, 0.2) is 12.6 Å². The molecule has 0 amide bonds. The molecule has 2 rings (SSSR count). The number of aliphatic hydroxyl groups excluding tert-OH is 7. The number of unbranched alkanes of at least 4 members (excludes halogenated alkanes) is 18. The molecule has 66 heavy (non-hydrogen) atoms. The van der Waals surface area contributed by atoms with E-state index in [2.05, 4.69) is 62.5 Å². The lowest BCUT2D eigenvalue weighted by Crippen LogP contribution is -2.61. The Morgan fingerprint density at radius 1 is 0.500 bits per heavy atom. The summed E-state index contributed by atoms with van der Waals surface area (Å²) in [5.74, 6) is -0.391. The first-order chi connectivity index (χ1) is 32.1. The summed E-state index contributed by atoms with van der Waals surface area (Å²) in [6.07, 6.45) is 28.9. The van der Waals surface area contributed by atoms with E-state index in [4.69, 9.17) is 28.4 Å². The standard InChI is InChI=1S/C52H92O14/c1-3-5-7-9-11-13-15-17-18-19-20-21-22-23-24-26-28-30-32-34-36-61-38-41(64-44(54)35-33-31-29-27-25-16-14-12-10-8-6-4-2)39-62-51-50(60)48(58)46(56)43(66-51)40-63-52-49(59)47(57)45(55)42(37-53)65-52/h11-14,17-18,20-21,41-43,45-53,55-60H,3-10,15-16,19,22-40H2,1-2H3/b13-11-,14-12-,18-17-,21-20-. The van der Waals surface area contributed by atoms with Gasteiger partial charge in [0.1, 0.15) is 54.9 Å². The van der Waals surface area contributed by atoms with Crippen molar-refractivity contribution in [1.82, 2.24) is 0 Å². The molecular formula is C52H92O14. The molecule has 11 unspecified atom stereocenters. The van der Waals surface area contributed by atoms with Crippen LogP contribution in [0.1, 0.15) is 174 Å². The van der Waals surface area contributed by atoms with Gasteiger partial charge >= 0.3 is 5.97 Å². The van der Waals surface area contributed by atoms with E-state index in [-0.39, 0.29) is 19.6 Å². The van der Waals surface area contributed by atoms with Gasteiger partial charge in [-0.15, -0.1) is 0 Å². The summed E-state index contributed by atoms with van der Waals surface area (Å²) in [7, 11) is 0. The van der Waals surface area contributed by atoms with E-state index in [1.807, 2.05) is 0 Å². The monoisotopic (exact) mass is 941 g/mol. The number of allylic oxidation sites excluding steroid dienone is 8. The van der Waals surface area contributed by atoms with Crippen LogP contribution < -0.4 is 0 Å². The van der Waals surface area contributed by atoms with E-state index in [0.717, 1.165) is 77.0 Å². The van der Waals surface area contributed by atoms with Gasteiger partial charge < -0.3 is 64.2 Å². The molecule has 0 saturated carbocycles. The molecule has 2 saturated heterocycles. The fraction of sp³-hybridized carbons (Fsp3) is 0.827. The molecule has 384 valence electrons. The van der Waals surface area contributed by atoms with Gasteiger partial charge in [-0.2, -0.15) is 0 Å². The van der Waals surface area contributed by atoms with Crippen LogP contribution in [0.5, 0.6) is 0 Å². The van der Waals surface area contributed by atoms with E-state index >= 15 is 0 Å². The lowest BCUT2D eigenvalue weighted by Gasteiger charge is -2.42. The van der Waals surface area contributed by atoms with Crippen LogP contribution in [0.4, 0.5) is 0 Å². The smallest absolute Gasteiger partial charge is 0.306 e. The van der Waals surface area contributed by atoms with Crippen molar-refractivity contribution >= 4 is 5.97 Å². The number of carbonyl (C=O) groups excluding carboxylic acids is 1. The lowest BCUT2D eigenvalue weighted by atomic mass is 9.98. The van der Waals surface area contributed by atoms with Crippen LogP contribution in [0.15, 0.2) is 48.6 Å². The topological polar surface area (TPSA) is 214 Å². The Labute approximate surface area is 397 Å². The molecule has 2 aliphatic heterocycles. The molecule has 7 N–H and O–H groups in total. The van der Waals surface area contributed by atoms with Gasteiger partial charge in [-0.1, -0.05) is 140 Å². The highest BCUT2D eigenvalue weighted by Gasteiger charge is 2.47. The Kier molecular flexibility index (Phi) is 36.2. The molecular weight excluding hydrogens is 849 g/mol. The van der Waals surface area contributed by atoms with Crippen molar-refractivity contribution in [2.24, 2.45) is 0 Å². The maximum atomic E-state index is 13.0. The number of esters is 1. The number of ether oxygens (including phenoxy) is 6. The first-order valence-electron chi connectivity index (χ1n) is 25.7. The third-order valence-corrected chi connectivity index (χ3v) is 12.1. The fourth-order valence-electron chi connectivity index (χ4n) is 7.81. The van der Waals surface area contributed by atoms with Crippen LogP contribution in [-0.4, -0.2) is 142 Å². The van der Waals surface area contributed by atoms with E-state index < -0.39 is 86.7 Å². The molecule has 2 aliphatic rings. The molecule has 14 heteroatoms. The third-order valence-electron chi connectivity index (χ3n) is 12.1. The molecule has 0 aromatic carbocycles. The van der Waals surface area contributed by atoms with Crippen molar-refractivity contribution in [2.75, 3.05) is 33.0 Å². The number of carbonyl (C=O) groups is 1. The Morgan fingerprint density at radius 3 is 1.48 bits per heavy atom. The second-order valence-electron chi connectivity index (χ2n) is 18.0. The van der Waals surface area contributed by atoms with Crippen molar-refractivity contribution in [2.45, 2.75) is 242 Å². The van der Waals surface area contributed by atoms with E-state index in [1.165, 1.54) is 70.6 Å². The molecule has 0 radical (unpaired) electrons. The van der Waals surface area contributed by atoms with Gasteiger partial charge in [-0.3, -0.25) is 4.79 Å². The molecule has 14 nitrogen and oxygen atoms in total. The third kappa shape index (κ3) is 27.2. The Morgan fingerprint density at radius 2 is 0.939 bits per heavy atom. The molecule has 2 heterocycles. The normalized spacial score (nSPS) is 26.7. The molecule has 11 atom stereocenters. The van der Waals surface area contributed by atoms with Gasteiger partial charge in [0, 0.05) is 13.0 Å². The minimum atomic E-state index is -1.71. The van der Waals surface area contributed by atoms with Gasteiger partial charge in [-0.25, -0.2) is 0 Å². The zero-order chi connectivity index (χ0) is 48.0. The van der Waals surface area contributed by atoms with Gasteiger partial charge in [-0.05, 0) is 77.0 Å². The summed E-state index contributed by atoms with van der Waals surface area (Å²) in [4.78, 5) is 13.0. The van der Waals surface area contributed by atoms with Crippen LogP contribution in [0.3, 0.4) is 0 Å². The van der Waals surface area contributed by atoms with Gasteiger partial charge in [0.25, 0.3) is 0 Å².